The number of aromatic nitrogens is 2. The summed E-state index contributed by atoms with van der Waals surface area (Å²) in [5.41, 5.74) is 3.42. The van der Waals surface area contributed by atoms with Gasteiger partial charge in [0.2, 0.25) is 0 Å². The van der Waals surface area contributed by atoms with E-state index in [1.165, 1.54) is 14.1 Å². The molecule has 1 aromatic heterocycles. The van der Waals surface area contributed by atoms with Gasteiger partial charge in [-0.05, 0) is 0 Å². The summed E-state index contributed by atoms with van der Waals surface area (Å²) in [5.74, 6) is -0.850. The molecule has 1 heterocycles. The first kappa shape index (κ1) is 10.0. The maximum Gasteiger partial charge on any atom is 0.329 e. The summed E-state index contributed by atoms with van der Waals surface area (Å²) in [6.07, 6.45) is 0. The summed E-state index contributed by atoms with van der Waals surface area (Å²) < 4.78 is 0.779. The van der Waals surface area contributed by atoms with E-state index in [0.29, 0.717) is 0 Å². The molecule has 0 aliphatic heterocycles. The van der Waals surface area contributed by atoms with Gasteiger partial charge in [-0.15, -0.1) is 0 Å². The van der Waals surface area contributed by atoms with Crippen molar-refractivity contribution in [2.24, 2.45) is 12.8 Å². The van der Waals surface area contributed by atoms with E-state index >= 15 is 0 Å². The van der Waals surface area contributed by atoms with Gasteiger partial charge in [0.1, 0.15) is 11.4 Å². The van der Waals surface area contributed by atoms with Gasteiger partial charge in [0.15, 0.2) is 0 Å². The second kappa shape index (κ2) is 3.36. The van der Waals surface area contributed by atoms with E-state index in [4.69, 9.17) is 5.73 Å². The fourth-order valence-electron chi connectivity index (χ4n) is 1.04. The summed E-state index contributed by atoms with van der Waals surface area (Å²) in [7, 11) is 2.73. The zero-order valence-electron chi connectivity index (χ0n) is 7.75. The van der Waals surface area contributed by atoms with Crippen LogP contribution in [0, 0.1) is 0 Å². The number of aromatic amines is 1. The lowest BCUT2D eigenvalue weighted by atomic mass is 10.3. The fraction of sp³-hybridized carbons (Fsp3) is 0.286. The van der Waals surface area contributed by atoms with Crippen molar-refractivity contribution in [1.29, 1.82) is 0 Å². The van der Waals surface area contributed by atoms with Crippen molar-refractivity contribution >= 4 is 11.7 Å². The van der Waals surface area contributed by atoms with Crippen LogP contribution in [0.15, 0.2) is 9.59 Å². The molecule has 0 aromatic carbocycles. The van der Waals surface area contributed by atoms with Crippen LogP contribution in [0.3, 0.4) is 0 Å². The number of carbonyl (C=O) groups excluding carboxylic acids is 1. The number of H-pyrrole nitrogens is 1. The van der Waals surface area contributed by atoms with Gasteiger partial charge in [-0.25, -0.2) is 4.79 Å². The van der Waals surface area contributed by atoms with Gasteiger partial charge in [-0.3, -0.25) is 19.1 Å². The van der Waals surface area contributed by atoms with E-state index in [-0.39, 0.29) is 11.4 Å². The standard InChI is InChI=1S/C7H10N4O3/c1-9-5-3(4(8)12)6(13)11(2)7(14)10-5/h9H,1-2H3,(H2,8,12)(H,10,14). The van der Waals surface area contributed by atoms with E-state index in [1.807, 2.05) is 0 Å². The highest BCUT2D eigenvalue weighted by Gasteiger charge is 2.15. The average Bonchev–Trinajstić information content (AvgIpc) is 2.12. The van der Waals surface area contributed by atoms with Gasteiger partial charge in [-0.1, -0.05) is 0 Å². The molecule has 1 rings (SSSR count). The zero-order chi connectivity index (χ0) is 10.9. The van der Waals surface area contributed by atoms with E-state index in [1.54, 1.807) is 0 Å². The molecule has 1 aromatic rings. The number of amides is 1. The number of nitrogens with one attached hydrogen (secondary N) is 2. The van der Waals surface area contributed by atoms with E-state index in [9.17, 15) is 14.4 Å². The Morgan fingerprint density at radius 2 is 2.07 bits per heavy atom. The van der Waals surface area contributed by atoms with Gasteiger partial charge in [0.05, 0.1) is 0 Å². The van der Waals surface area contributed by atoms with E-state index in [0.717, 1.165) is 4.57 Å². The third kappa shape index (κ3) is 1.39. The minimum absolute atomic E-state index is 0.0330. The summed E-state index contributed by atoms with van der Waals surface area (Å²) in [6, 6.07) is 0. The molecule has 0 unspecified atom stereocenters. The quantitative estimate of drug-likeness (QED) is 0.521. The van der Waals surface area contributed by atoms with Crippen LogP contribution < -0.4 is 22.3 Å². The van der Waals surface area contributed by atoms with Crippen molar-refractivity contribution < 1.29 is 4.79 Å². The number of rotatable bonds is 2. The Labute approximate surface area is 78.5 Å². The van der Waals surface area contributed by atoms with E-state index < -0.39 is 17.2 Å². The van der Waals surface area contributed by atoms with E-state index in [2.05, 4.69) is 10.3 Å². The molecule has 0 radical (unpaired) electrons. The van der Waals surface area contributed by atoms with Gasteiger partial charge in [-0.2, -0.15) is 0 Å². The lowest BCUT2D eigenvalue weighted by Crippen LogP contribution is -2.39. The van der Waals surface area contributed by atoms with Crippen molar-refractivity contribution in [3.05, 3.63) is 26.4 Å². The third-order valence-electron chi connectivity index (χ3n) is 1.80. The number of hydrogen-bond acceptors (Lipinski definition) is 4. The van der Waals surface area contributed by atoms with Crippen LogP contribution in [-0.4, -0.2) is 22.5 Å². The highest BCUT2D eigenvalue weighted by molar-refractivity contribution is 5.97. The number of hydrogen-bond donors (Lipinski definition) is 3. The Kier molecular flexibility index (Phi) is 2.41. The highest BCUT2D eigenvalue weighted by atomic mass is 16.2. The Hall–Kier alpha value is -2.05. The largest absolute Gasteiger partial charge is 0.374 e. The van der Waals surface area contributed by atoms with Crippen LogP contribution in [0.4, 0.5) is 5.82 Å². The summed E-state index contributed by atoms with van der Waals surface area (Å²) >= 11 is 0. The van der Waals surface area contributed by atoms with Crippen LogP contribution in [0.25, 0.3) is 0 Å². The molecule has 0 spiro atoms. The van der Waals surface area contributed by atoms with Crippen LogP contribution in [0.2, 0.25) is 0 Å². The monoisotopic (exact) mass is 198 g/mol. The zero-order valence-corrected chi connectivity index (χ0v) is 7.75. The summed E-state index contributed by atoms with van der Waals surface area (Å²) in [6.45, 7) is 0. The predicted molar refractivity (Wildman–Crippen MR) is 50.4 cm³/mol. The van der Waals surface area contributed by atoms with Crippen LogP contribution in [0.1, 0.15) is 10.4 Å². The van der Waals surface area contributed by atoms with Crippen LogP contribution in [-0.2, 0) is 7.05 Å². The molecule has 4 N–H and O–H groups in total. The maximum atomic E-state index is 11.4. The second-order valence-corrected chi connectivity index (χ2v) is 2.66. The number of carbonyl (C=O) groups is 1. The van der Waals surface area contributed by atoms with Gasteiger partial charge in [0, 0.05) is 14.1 Å². The third-order valence-corrected chi connectivity index (χ3v) is 1.80. The molecule has 0 aliphatic rings. The first-order valence-corrected chi connectivity index (χ1v) is 3.80. The molecule has 7 heteroatoms. The molecular weight excluding hydrogens is 188 g/mol. The number of anilines is 1. The SMILES string of the molecule is CNc1[nH]c(=O)n(C)c(=O)c1C(N)=O. The Balaban J connectivity index is 3.71. The lowest BCUT2D eigenvalue weighted by molar-refractivity contribution is 0.0998. The Morgan fingerprint density at radius 3 is 2.50 bits per heavy atom. The van der Waals surface area contributed by atoms with Crippen molar-refractivity contribution in [3.63, 3.8) is 0 Å². The number of primary amides is 1. The molecular formula is C7H10N4O3. The average molecular weight is 198 g/mol. The van der Waals surface area contributed by atoms with Crippen molar-refractivity contribution in [1.82, 2.24) is 9.55 Å². The summed E-state index contributed by atoms with van der Waals surface area (Å²) in [4.78, 5) is 35.7. The first-order chi connectivity index (χ1) is 6.49. The Bertz CT molecular complexity index is 485. The molecule has 7 nitrogen and oxygen atoms in total. The molecule has 0 bridgehead atoms. The molecule has 1 amide bonds. The maximum absolute atomic E-state index is 11.4. The molecule has 0 fully saturated rings. The lowest BCUT2D eigenvalue weighted by Gasteiger charge is -2.05. The topological polar surface area (TPSA) is 110 Å². The smallest absolute Gasteiger partial charge is 0.329 e. The molecule has 0 saturated carbocycles. The van der Waals surface area contributed by atoms with Crippen molar-refractivity contribution in [2.45, 2.75) is 0 Å². The molecule has 14 heavy (non-hydrogen) atoms. The van der Waals surface area contributed by atoms with Crippen molar-refractivity contribution in [2.75, 3.05) is 12.4 Å². The molecule has 0 atom stereocenters. The second-order valence-electron chi connectivity index (χ2n) is 2.66. The van der Waals surface area contributed by atoms with Crippen LogP contribution in [0.5, 0.6) is 0 Å². The number of nitrogens with two attached hydrogens (primary N) is 1. The van der Waals surface area contributed by atoms with Gasteiger partial charge >= 0.3 is 5.69 Å². The Morgan fingerprint density at radius 1 is 1.50 bits per heavy atom. The minimum Gasteiger partial charge on any atom is -0.374 e. The number of nitrogens with zero attached hydrogens (tertiary/aromatic N) is 1. The minimum atomic E-state index is -0.883. The fourth-order valence-corrected chi connectivity index (χ4v) is 1.04. The van der Waals surface area contributed by atoms with Crippen molar-refractivity contribution in [3.8, 4) is 0 Å². The molecule has 0 saturated heterocycles. The van der Waals surface area contributed by atoms with Gasteiger partial charge < -0.3 is 11.1 Å². The highest BCUT2D eigenvalue weighted by Crippen LogP contribution is 2.01. The predicted octanol–water partition coefficient (Wildman–Crippen LogP) is -1.79. The van der Waals surface area contributed by atoms with Gasteiger partial charge in [0.25, 0.3) is 11.5 Å². The normalized spacial score (nSPS) is 9.86. The van der Waals surface area contributed by atoms with Crippen LogP contribution >= 0.6 is 0 Å². The molecule has 0 aliphatic carbocycles. The molecule has 76 valence electrons. The summed E-state index contributed by atoms with van der Waals surface area (Å²) in [5, 5.41) is 2.52. The first-order valence-electron chi connectivity index (χ1n) is 3.80.